The highest BCUT2D eigenvalue weighted by Gasteiger charge is 2.32. The molecule has 1 unspecified atom stereocenters. The molecule has 1 aliphatic carbocycles. The van der Waals surface area contributed by atoms with Crippen molar-refractivity contribution in [2.45, 2.75) is 65.9 Å². The Kier molecular flexibility index (Phi) is 5.38. The van der Waals surface area contributed by atoms with Gasteiger partial charge in [-0.05, 0) is 67.1 Å². The van der Waals surface area contributed by atoms with Gasteiger partial charge in [-0.3, -0.25) is 0 Å². The van der Waals surface area contributed by atoms with E-state index < -0.39 is 0 Å². The van der Waals surface area contributed by atoms with Gasteiger partial charge in [0.25, 0.3) is 0 Å². The second-order valence-electron chi connectivity index (χ2n) is 7.84. The van der Waals surface area contributed by atoms with Crippen LogP contribution in [0.1, 0.15) is 57.6 Å². The average Bonchev–Trinajstić information content (AvgIpc) is 2.41. The Morgan fingerprint density at radius 1 is 1.19 bits per heavy atom. The molecule has 0 bridgehead atoms. The third-order valence-electron chi connectivity index (χ3n) is 5.18. The minimum atomic E-state index is -0.258. The van der Waals surface area contributed by atoms with Gasteiger partial charge in [0.2, 0.25) is 0 Å². The first-order valence-electron chi connectivity index (χ1n) is 8.20. The van der Waals surface area contributed by atoms with Crippen LogP contribution in [0.15, 0.2) is 18.2 Å². The van der Waals surface area contributed by atoms with E-state index >= 15 is 0 Å². The Bertz CT molecular complexity index is 467. The smallest absolute Gasteiger partial charge is 0.0609 e. The Morgan fingerprint density at radius 3 is 2.33 bits per heavy atom. The van der Waals surface area contributed by atoms with Crippen LogP contribution in [-0.4, -0.2) is 11.2 Å². The van der Waals surface area contributed by atoms with E-state index in [4.69, 9.17) is 11.6 Å². The Morgan fingerprint density at radius 2 is 1.81 bits per heavy atom. The predicted octanol–water partition coefficient (Wildman–Crippen LogP) is 5.40. The van der Waals surface area contributed by atoms with Crippen molar-refractivity contribution in [1.82, 2.24) is 0 Å². The van der Waals surface area contributed by atoms with E-state index in [-0.39, 0.29) is 6.10 Å². The standard InChI is InChI=1S/C19H29ClO/c1-13-5-6-15(17(20)11-13)12-18(21)14-7-9-16(10-8-14)19(2,3)4/h5-6,11,14,16,18,21H,7-10,12H2,1-4H3. The molecule has 0 aliphatic heterocycles. The summed E-state index contributed by atoms with van der Waals surface area (Å²) in [4.78, 5) is 0. The molecule has 0 heterocycles. The number of aliphatic hydroxyl groups excluding tert-OH is 1. The largest absolute Gasteiger partial charge is 0.392 e. The predicted molar refractivity (Wildman–Crippen MR) is 90.8 cm³/mol. The molecule has 1 aromatic carbocycles. The van der Waals surface area contributed by atoms with Gasteiger partial charge in [0, 0.05) is 11.4 Å². The van der Waals surface area contributed by atoms with Crippen LogP contribution in [0.5, 0.6) is 0 Å². The van der Waals surface area contributed by atoms with Gasteiger partial charge in [-0.25, -0.2) is 0 Å². The lowest BCUT2D eigenvalue weighted by Gasteiger charge is -2.38. The summed E-state index contributed by atoms with van der Waals surface area (Å²) in [5.41, 5.74) is 2.65. The van der Waals surface area contributed by atoms with Gasteiger partial charge in [0.05, 0.1) is 6.10 Å². The van der Waals surface area contributed by atoms with Crippen LogP contribution in [0.2, 0.25) is 5.02 Å². The Labute approximate surface area is 134 Å². The molecule has 0 spiro atoms. The minimum absolute atomic E-state index is 0.258. The van der Waals surface area contributed by atoms with Gasteiger partial charge in [0.1, 0.15) is 0 Å². The molecule has 1 nitrogen and oxygen atoms in total. The molecule has 1 fully saturated rings. The van der Waals surface area contributed by atoms with Gasteiger partial charge in [0.15, 0.2) is 0 Å². The summed E-state index contributed by atoms with van der Waals surface area (Å²) >= 11 is 6.28. The fourth-order valence-corrected chi connectivity index (χ4v) is 3.89. The van der Waals surface area contributed by atoms with Gasteiger partial charge in [-0.1, -0.05) is 44.5 Å². The molecule has 2 heteroatoms. The zero-order valence-corrected chi connectivity index (χ0v) is 14.6. The fraction of sp³-hybridized carbons (Fsp3) is 0.684. The highest BCUT2D eigenvalue weighted by Crippen LogP contribution is 2.41. The molecule has 1 aromatic rings. The first-order chi connectivity index (χ1) is 9.77. The molecule has 0 amide bonds. The summed E-state index contributed by atoms with van der Waals surface area (Å²) in [6, 6.07) is 6.12. The summed E-state index contributed by atoms with van der Waals surface area (Å²) in [5, 5.41) is 11.3. The van der Waals surface area contributed by atoms with Crippen LogP contribution in [-0.2, 0) is 6.42 Å². The molecule has 1 N–H and O–H groups in total. The van der Waals surface area contributed by atoms with Crippen molar-refractivity contribution in [1.29, 1.82) is 0 Å². The lowest BCUT2D eigenvalue weighted by molar-refractivity contribution is 0.0537. The lowest BCUT2D eigenvalue weighted by atomic mass is 9.68. The highest BCUT2D eigenvalue weighted by molar-refractivity contribution is 6.31. The maximum Gasteiger partial charge on any atom is 0.0609 e. The number of halogens is 1. The van der Waals surface area contributed by atoms with Crippen molar-refractivity contribution in [2.75, 3.05) is 0 Å². The van der Waals surface area contributed by atoms with E-state index in [1.54, 1.807) is 0 Å². The monoisotopic (exact) mass is 308 g/mol. The van der Waals surface area contributed by atoms with Crippen molar-refractivity contribution in [3.63, 3.8) is 0 Å². The van der Waals surface area contributed by atoms with Crippen molar-refractivity contribution in [3.8, 4) is 0 Å². The SMILES string of the molecule is Cc1ccc(CC(O)C2CCC(C(C)(C)C)CC2)c(Cl)c1. The van der Waals surface area contributed by atoms with Crippen LogP contribution in [0.4, 0.5) is 0 Å². The topological polar surface area (TPSA) is 20.2 Å². The van der Waals surface area contributed by atoms with Crippen LogP contribution in [0, 0.1) is 24.2 Å². The number of rotatable bonds is 3. The van der Waals surface area contributed by atoms with Crippen LogP contribution in [0.3, 0.4) is 0 Å². The van der Waals surface area contributed by atoms with Crippen molar-refractivity contribution in [3.05, 3.63) is 34.3 Å². The second-order valence-corrected chi connectivity index (χ2v) is 8.25. The van der Waals surface area contributed by atoms with E-state index in [0.29, 0.717) is 17.8 Å². The van der Waals surface area contributed by atoms with Gasteiger partial charge < -0.3 is 5.11 Å². The molecule has 2 rings (SSSR count). The first kappa shape index (κ1) is 16.8. The summed E-state index contributed by atoms with van der Waals surface area (Å²) in [6.45, 7) is 9.04. The number of hydrogen-bond acceptors (Lipinski definition) is 1. The molecule has 0 saturated heterocycles. The molecule has 0 aromatic heterocycles. The van der Waals surface area contributed by atoms with Crippen molar-refractivity contribution in [2.24, 2.45) is 17.3 Å². The molecule has 21 heavy (non-hydrogen) atoms. The molecule has 0 radical (unpaired) electrons. The van der Waals surface area contributed by atoms with Gasteiger partial charge in [-0.2, -0.15) is 0 Å². The summed E-state index contributed by atoms with van der Waals surface area (Å²) in [7, 11) is 0. The molecule has 1 saturated carbocycles. The molecular weight excluding hydrogens is 280 g/mol. The summed E-state index contributed by atoms with van der Waals surface area (Å²) in [6.07, 6.45) is 5.20. The van der Waals surface area contributed by atoms with E-state index in [1.165, 1.54) is 18.4 Å². The van der Waals surface area contributed by atoms with Gasteiger partial charge in [-0.15, -0.1) is 0 Å². The maximum atomic E-state index is 10.6. The van der Waals surface area contributed by atoms with Crippen molar-refractivity contribution < 1.29 is 5.11 Å². The second kappa shape index (κ2) is 6.71. The number of benzene rings is 1. The molecule has 118 valence electrons. The minimum Gasteiger partial charge on any atom is -0.392 e. The Balaban J connectivity index is 1.92. The average molecular weight is 309 g/mol. The molecule has 1 atom stereocenters. The first-order valence-corrected chi connectivity index (χ1v) is 8.58. The quantitative estimate of drug-likeness (QED) is 0.792. The lowest BCUT2D eigenvalue weighted by Crippen LogP contribution is -2.31. The zero-order valence-electron chi connectivity index (χ0n) is 13.8. The van der Waals surface area contributed by atoms with Gasteiger partial charge >= 0.3 is 0 Å². The fourth-order valence-electron chi connectivity index (χ4n) is 3.58. The molecular formula is C19H29ClO. The summed E-state index contributed by atoms with van der Waals surface area (Å²) in [5.74, 6) is 1.23. The van der Waals surface area contributed by atoms with E-state index in [1.807, 2.05) is 13.0 Å². The number of aliphatic hydroxyl groups is 1. The van der Waals surface area contributed by atoms with Crippen LogP contribution >= 0.6 is 11.6 Å². The molecule has 1 aliphatic rings. The third kappa shape index (κ3) is 4.47. The van der Waals surface area contributed by atoms with Crippen LogP contribution in [0.25, 0.3) is 0 Å². The highest BCUT2D eigenvalue weighted by atomic mass is 35.5. The summed E-state index contributed by atoms with van der Waals surface area (Å²) < 4.78 is 0. The number of aryl methyl sites for hydroxylation is 1. The van der Waals surface area contributed by atoms with E-state index in [9.17, 15) is 5.11 Å². The van der Waals surface area contributed by atoms with Crippen molar-refractivity contribution >= 4 is 11.6 Å². The van der Waals surface area contributed by atoms with E-state index in [0.717, 1.165) is 29.3 Å². The van der Waals surface area contributed by atoms with Crippen LogP contribution < -0.4 is 0 Å². The Hall–Kier alpha value is -0.530. The van der Waals surface area contributed by atoms with E-state index in [2.05, 4.69) is 32.9 Å². The zero-order chi connectivity index (χ0) is 15.6. The maximum absolute atomic E-state index is 10.6. The third-order valence-corrected chi connectivity index (χ3v) is 5.53. The number of hydrogen-bond donors (Lipinski definition) is 1. The normalized spacial score (nSPS) is 24.9.